The molecular formula is HO9P2-5. The fraction of sp³-hybridized carbons (Fsp3) is 0. The molecule has 0 aromatic carbocycles. The number of hydrogen-bond acceptors (Lipinski definition) is 9. The fourth-order valence-corrected chi connectivity index (χ4v) is 0. The van der Waals surface area contributed by atoms with E-state index in [2.05, 4.69) is 4.67 Å². The zero-order chi connectivity index (χ0) is 9.71. The summed E-state index contributed by atoms with van der Waals surface area (Å²) in [5.41, 5.74) is 0. The van der Waals surface area contributed by atoms with E-state index in [1.165, 1.54) is 0 Å². The highest BCUT2D eigenvalue weighted by atomic mass is 31.2. The van der Waals surface area contributed by atoms with Crippen molar-refractivity contribution in [3.05, 3.63) is 0 Å². The summed E-state index contributed by atoms with van der Waals surface area (Å²) in [5.74, 6) is 0. The van der Waals surface area contributed by atoms with Crippen LogP contribution >= 0.6 is 15.6 Å². The highest BCUT2D eigenvalue weighted by molar-refractivity contribution is 7.43. The van der Waals surface area contributed by atoms with Crippen molar-refractivity contribution in [2.24, 2.45) is 0 Å². The summed E-state index contributed by atoms with van der Waals surface area (Å²) < 4.78 is 19.9. The molecule has 0 rings (SSSR count). The molecule has 0 fully saturated rings. The molecule has 0 aromatic heterocycles. The molecule has 11 heteroatoms. The first-order chi connectivity index (χ1) is 4.56. The molecule has 0 saturated heterocycles. The van der Waals surface area contributed by atoms with Crippen LogP contribution in [0.5, 0.6) is 0 Å². The molecule has 70 valence electrons. The standard InChI is InChI=1S/H3O5P.H3O4P/c1-5-6(2,3)4;1-5(2,3)4/h1H,(H2,2,3,4);(H3,1,2,3,4)/p-5. The van der Waals surface area contributed by atoms with E-state index in [1.807, 2.05) is 0 Å². The smallest absolute Gasteiger partial charge is 0.0998 e. The minimum absolute atomic E-state index is 2.38. The van der Waals surface area contributed by atoms with Crippen LogP contribution < -0.4 is 24.5 Å². The molecule has 0 saturated carbocycles. The normalized spacial score (nSPS) is 11.8. The van der Waals surface area contributed by atoms with Crippen LogP contribution in [-0.4, -0.2) is 5.26 Å². The van der Waals surface area contributed by atoms with Gasteiger partial charge in [0.1, 0.15) is 0 Å². The first-order valence-electron chi connectivity index (χ1n) is 1.64. The zero-order valence-corrected chi connectivity index (χ0v) is 6.40. The summed E-state index contributed by atoms with van der Waals surface area (Å²) in [7, 11) is -10.5. The van der Waals surface area contributed by atoms with Gasteiger partial charge in [-0.15, -0.1) is 0 Å². The van der Waals surface area contributed by atoms with Crippen molar-refractivity contribution in [1.29, 1.82) is 0 Å². The molecule has 0 heterocycles. The maximum Gasteiger partial charge on any atom is 0.0998 e. The topological polar surface area (TPSA) is 179 Å². The predicted octanol–water partition coefficient (Wildman–Crippen LogP) is -4.52. The van der Waals surface area contributed by atoms with Crippen LogP contribution in [0.3, 0.4) is 0 Å². The van der Waals surface area contributed by atoms with Gasteiger partial charge in [-0.3, -0.25) is 0 Å². The largest absolute Gasteiger partial charge is 0.822 e. The molecule has 0 aliphatic heterocycles. The van der Waals surface area contributed by atoms with E-state index in [0.29, 0.717) is 0 Å². The van der Waals surface area contributed by atoms with Gasteiger partial charge in [0.2, 0.25) is 0 Å². The summed E-state index contributed by atoms with van der Waals surface area (Å²) in [6, 6.07) is 0. The summed E-state index contributed by atoms with van der Waals surface area (Å²) in [6.07, 6.45) is 0. The Bertz CT molecular complexity index is 160. The van der Waals surface area contributed by atoms with E-state index in [0.717, 1.165) is 0 Å². The molecule has 1 N–H and O–H groups in total. The molecule has 0 atom stereocenters. The van der Waals surface area contributed by atoms with Crippen LogP contribution in [0, 0.1) is 0 Å². The highest BCUT2D eigenvalue weighted by Gasteiger charge is 1.78. The Kier molecular flexibility index (Phi) is 6.17. The van der Waals surface area contributed by atoms with Gasteiger partial charge in [-0.2, -0.15) is 7.82 Å². The number of rotatable bonds is 1. The summed E-state index contributed by atoms with van der Waals surface area (Å²) in [6.45, 7) is 0. The van der Waals surface area contributed by atoms with Crippen molar-refractivity contribution in [1.82, 2.24) is 0 Å². The Morgan fingerprint density at radius 3 is 1.09 bits per heavy atom. The van der Waals surface area contributed by atoms with Gasteiger partial charge in [0.05, 0.1) is 7.82 Å². The van der Waals surface area contributed by atoms with Crippen molar-refractivity contribution < 1.29 is 43.5 Å². The van der Waals surface area contributed by atoms with Gasteiger partial charge in [-0.25, -0.2) is 9.93 Å². The fourth-order valence-electron chi connectivity index (χ4n) is 0. The Labute approximate surface area is 60.3 Å². The average molecular weight is 207 g/mol. The van der Waals surface area contributed by atoms with Crippen molar-refractivity contribution in [3.63, 3.8) is 0 Å². The second-order valence-corrected chi connectivity index (χ2v) is 2.93. The maximum atomic E-state index is 9.00. The second-order valence-electron chi connectivity index (χ2n) is 0.976. The van der Waals surface area contributed by atoms with Gasteiger partial charge < -0.3 is 33.6 Å². The van der Waals surface area contributed by atoms with E-state index < -0.39 is 15.6 Å². The van der Waals surface area contributed by atoms with Gasteiger partial charge in [-0.05, 0) is 0 Å². The summed E-state index contributed by atoms with van der Waals surface area (Å²) in [5, 5.41) is 7.01. The van der Waals surface area contributed by atoms with Gasteiger partial charge in [0.15, 0.2) is 0 Å². The minimum Gasteiger partial charge on any atom is -0.822 e. The third-order valence-corrected chi connectivity index (χ3v) is 0.300. The first kappa shape index (κ1) is 13.7. The van der Waals surface area contributed by atoms with E-state index >= 15 is 0 Å². The molecule has 0 aliphatic carbocycles. The third kappa shape index (κ3) is 67.4. The van der Waals surface area contributed by atoms with Crippen LogP contribution in [0.4, 0.5) is 0 Å². The van der Waals surface area contributed by atoms with Crippen LogP contribution in [0.2, 0.25) is 0 Å². The van der Waals surface area contributed by atoms with Gasteiger partial charge in [-0.1, -0.05) is 0 Å². The maximum absolute atomic E-state index is 9.00. The average Bonchev–Trinajstić information content (AvgIpc) is 1.59. The van der Waals surface area contributed by atoms with Crippen molar-refractivity contribution in [2.75, 3.05) is 0 Å². The Morgan fingerprint density at radius 2 is 1.09 bits per heavy atom. The lowest BCUT2D eigenvalue weighted by molar-refractivity contribution is -0.432. The molecule has 0 bridgehead atoms. The van der Waals surface area contributed by atoms with E-state index in [-0.39, 0.29) is 0 Å². The molecule has 11 heavy (non-hydrogen) atoms. The number of phosphoric acid groups is 2. The van der Waals surface area contributed by atoms with Gasteiger partial charge in [0.25, 0.3) is 0 Å². The van der Waals surface area contributed by atoms with Gasteiger partial charge >= 0.3 is 0 Å². The molecule has 0 amide bonds. The van der Waals surface area contributed by atoms with Gasteiger partial charge in [0, 0.05) is 0 Å². The van der Waals surface area contributed by atoms with Crippen molar-refractivity contribution >= 4 is 15.6 Å². The molecule has 0 aromatic rings. The predicted molar refractivity (Wildman–Crippen MR) is 18.9 cm³/mol. The number of hydrogen-bond donors (Lipinski definition) is 1. The zero-order valence-electron chi connectivity index (χ0n) is 4.61. The molecular weight excluding hydrogens is 206 g/mol. The lowest BCUT2D eigenvalue weighted by Crippen LogP contribution is -2.24. The molecule has 0 unspecified atom stereocenters. The van der Waals surface area contributed by atoms with Crippen molar-refractivity contribution in [2.45, 2.75) is 0 Å². The second kappa shape index (κ2) is 4.94. The summed E-state index contributed by atoms with van der Waals surface area (Å²) in [4.78, 5) is 43.6. The lowest BCUT2D eigenvalue weighted by Gasteiger charge is -2.36. The van der Waals surface area contributed by atoms with Crippen LogP contribution in [0.25, 0.3) is 0 Å². The van der Waals surface area contributed by atoms with E-state index in [9.17, 15) is 0 Å². The first-order valence-corrected chi connectivity index (χ1v) is 4.56. The van der Waals surface area contributed by atoms with Crippen LogP contribution in [0.15, 0.2) is 0 Å². The Morgan fingerprint density at radius 1 is 1.00 bits per heavy atom. The monoisotopic (exact) mass is 207 g/mol. The Hall–Kier alpha value is 0.180. The SMILES string of the molecule is O=P([O-])([O-])OO.O=P([O-])([O-])[O-]. The molecule has 0 spiro atoms. The third-order valence-electron chi connectivity index (χ3n) is 0.100. The lowest BCUT2D eigenvalue weighted by atomic mass is 15.0. The van der Waals surface area contributed by atoms with Crippen LogP contribution in [0.1, 0.15) is 0 Å². The highest BCUT2D eigenvalue weighted by Crippen LogP contribution is 2.20. The minimum atomic E-state index is -5.39. The summed E-state index contributed by atoms with van der Waals surface area (Å²) >= 11 is 0. The molecule has 9 nitrogen and oxygen atoms in total. The Balaban J connectivity index is 0. The molecule has 0 aliphatic rings. The van der Waals surface area contributed by atoms with E-state index in [1.54, 1.807) is 0 Å². The van der Waals surface area contributed by atoms with Crippen molar-refractivity contribution in [3.8, 4) is 0 Å². The van der Waals surface area contributed by atoms with E-state index in [4.69, 9.17) is 38.9 Å². The quantitative estimate of drug-likeness (QED) is 0.251. The molecule has 0 radical (unpaired) electrons. The van der Waals surface area contributed by atoms with Crippen LogP contribution in [-0.2, 0) is 13.8 Å².